The number of hydrogen-bond donors (Lipinski definition) is 2. The molecule has 4 aliphatic rings. The van der Waals surface area contributed by atoms with Crippen molar-refractivity contribution in [2.24, 2.45) is 11.8 Å². The third-order valence-electron chi connectivity index (χ3n) is 7.89. The Morgan fingerprint density at radius 1 is 1.09 bits per heavy atom. The van der Waals surface area contributed by atoms with Crippen molar-refractivity contribution in [3.63, 3.8) is 0 Å². The van der Waals surface area contributed by atoms with E-state index in [4.69, 9.17) is 28.6 Å². The number of nitrogens with zero attached hydrogens (tertiary/aromatic N) is 3. The van der Waals surface area contributed by atoms with E-state index in [2.05, 4.69) is 43.5 Å². The van der Waals surface area contributed by atoms with E-state index < -0.39 is 0 Å². The van der Waals surface area contributed by atoms with Crippen LogP contribution in [0.25, 0.3) is 0 Å². The highest BCUT2D eigenvalue weighted by atomic mass is 35.5. The summed E-state index contributed by atoms with van der Waals surface area (Å²) < 4.78 is 5.58. The lowest BCUT2D eigenvalue weighted by Crippen LogP contribution is -2.59. The van der Waals surface area contributed by atoms with Crippen molar-refractivity contribution in [2.45, 2.75) is 18.9 Å². The summed E-state index contributed by atoms with van der Waals surface area (Å²) >= 11 is 11.6. The monoisotopic (exact) mass is 513 g/mol. The van der Waals surface area contributed by atoms with E-state index in [9.17, 15) is 0 Å². The Morgan fingerprint density at radius 2 is 1.91 bits per heavy atom. The van der Waals surface area contributed by atoms with Gasteiger partial charge in [-0.25, -0.2) is 0 Å². The van der Waals surface area contributed by atoms with Gasteiger partial charge in [0.2, 0.25) is 0 Å². The van der Waals surface area contributed by atoms with Gasteiger partial charge in [-0.05, 0) is 73.8 Å². The fourth-order valence-corrected chi connectivity index (χ4v) is 6.41. The van der Waals surface area contributed by atoms with Gasteiger partial charge < -0.3 is 20.3 Å². The van der Waals surface area contributed by atoms with Gasteiger partial charge >= 0.3 is 0 Å². The molecule has 6 nitrogen and oxygen atoms in total. The normalized spacial score (nSPS) is 26.4. The van der Waals surface area contributed by atoms with Crippen molar-refractivity contribution in [3.8, 4) is 5.75 Å². The number of thiocarbonyl (C=S) groups is 1. The largest absolute Gasteiger partial charge is 0.495 e. The van der Waals surface area contributed by atoms with Crippen LogP contribution < -0.4 is 20.3 Å². The predicted molar refractivity (Wildman–Crippen MR) is 149 cm³/mol. The average molecular weight is 514 g/mol. The van der Waals surface area contributed by atoms with Crippen molar-refractivity contribution in [1.29, 1.82) is 0 Å². The van der Waals surface area contributed by atoms with Gasteiger partial charge in [-0.2, -0.15) is 0 Å². The molecule has 4 saturated heterocycles. The van der Waals surface area contributed by atoms with Crippen molar-refractivity contribution >= 4 is 40.3 Å². The van der Waals surface area contributed by atoms with Crippen molar-refractivity contribution in [1.82, 2.24) is 15.1 Å². The SMILES string of the molecule is COc1ccccc1N1CCN(C[C@@H]2CN3CC[C@H]2C[C@@H]3CNC(=S)Nc2cccc(Cl)c2)CC1. The Morgan fingerprint density at radius 3 is 2.66 bits per heavy atom. The predicted octanol–water partition coefficient (Wildman–Crippen LogP) is 4.17. The lowest BCUT2D eigenvalue weighted by molar-refractivity contribution is -0.0110. The van der Waals surface area contributed by atoms with Crippen LogP contribution in [0.4, 0.5) is 11.4 Å². The second kappa shape index (κ2) is 11.3. The van der Waals surface area contributed by atoms with Crippen LogP contribution in [0.2, 0.25) is 5.02 Å². The molecule has 2 aromatic carbocycles. The molecule has 0 aliphatic carbocycles. The van der Waals surface area contributed by atoms with Gasteiger partial charge in [0.15, 0.2) is 5.11 Å². The highest BCUT2D eigenvalue weighted by molar-refractivity contribution is 7.80. The first-order valence-corrected chi connectivity index (χ1v) is 13.5. The summed E-state index contributed by atoms with van der Waals surface area (Å²) in [4.78, 5) is 7.83. The third kappa shape index (κ3) is 6.02. The molecule has 0 amide bonds. The molecule has 6 rings (SSSR count). The molecule has 4 atom stereocenters. The lowest BCUT2D eigenvalue weighted by Gasteiger charge is -2.51. The zero-order chi connectivity index (χ0) is 24.2. The molecule has 188 valence electrons. The Hall–Kier alpha value is -2.06. The number of benzene rings is 2. The topological polar surface area (TPSA) is 43.0 Å². The molecule has 0 spiro atoms. The van der Waals surface area contributed by atoms with Gasteiger partial charge in [0, 0.05) is 62.6 Å². The molecule has 0 radical (unpaired) electrons. The fraction of sp³-hybridized carbons (Fsp3) is 0.519. The van der Waals surface area contributed by atoms with Crippen molar-refractivity contribution in [2.75, 3.05) is 69.7 Å². The fourth-order valence-electron chi connectivity index (χ4n) is 6.01. The summed E-state index contributed by atoms with van der Waals surface area (Å²) in [6.45, 7) is 8.90. The summed E-state index contributed by atoms with van der Waals surface area (Å²) in [6.07, 6.45) is 2.59. The first kappa shape index (κ1) is 24.6. The maximum absolute atomic E-state index is 6.08. The van der Waals surface area contributed by atoms with E-state index in [0.717, 1.165) is 56.0 Å². The molecule has 4 heterocycles. The number of piperazine rings is 1. The zero-order valence-corrected chi connectivity index (χ0v) is 22.0. The van der Waals surface area contributed by atoms with Crippen LogP contribution in [-0.4, -0.2) is 80.4 Å². The molecule has 35 heavy (non-hydrogen) atoms. The first-order chi connectivity index (χ1) is 17.1. The molecule has 0 aromatic heterocycles. The van der Waals surface area contributed by atoms with Crippen molar-refractivity contribution in [3.05, 3.63) is 53.6 Å². The molecule has 2 aromatic rings. The van der Waals surface area contributed by atoms with Crippen LogP contribution in [0.3, 0.4) is 0 Å². The zero-order valence-electron chi connectivity index (χ0n) is 20.5. The van der Waals surface area contributed by atoms with Crippen LogP contribution in [0.5, 0.6) is 5.75 Å². The Bertz CT molecular complexity index is 1010. The number of methoxy groups -OCH3 is 1. The van der Waals surface area contributed by atoms with E-state index >= 15 is 0 Å². The van der Waals surface area contributed by atoms with E-state index in [1.54, 1.807) is 7.11 Å². The quantitative estimate of drug-likeness (QED) is 0.539. The number of nitrogens with one attached hydrogen (secondary N) is 2. The van der Waals surface area contributed by atoms with Gasteiger partial charge in [0.25, 0.3) is 0 Å². The molecule has 2 bridgehead atoms. The Balaban J connectivity index is 1.07. The molecule has 0 saturated carbocycles. The number of hydrogen-bond acceptors (Lipinski definition) is 5. The van der Waals surface area contributed by atoms with Gasteiger partial charge in [-0.1, -0.05) is 29.8 Å². The number of anilines is 2. The standard InChI is InChI=1S/C27H36ClN5OS/c1-34-26-8-3-2-7-25(26)32-13-11-31(12-14-32)18-21-19-33-10-9-20(21)15-24(33)17-29-27(35)30-23-6-4-5-22(28)16-23/h2-8,16,20-21,24H,9-15,17-19H2,1H3,(H2,29,30,35)/t20-,21+,24+/m0/s1. The number of para-hydroxylation sites is 2. The summed E-state index contributed by atoms with van der Waals surface area (Å²) in [5, 5.41) is 8.07. The number of ether oxygens (including phenoxy) is 1. The number of piperidine rings is 3. The average Bonchev–Trinajstić information content (AvgIpc) is 2.88. The van der Waals surface area contributed by atoms with E-state index in [-0.39, 0.29) is 0 Å². The molecule has 4 aliphatic heterocycles. The second-order valence-corrected chi connectivity index (χ2v) is 10.8. The molecular formula is C27H36ClN5OS. The van der Waals surface area contributed by atoms with Gasteiger partial charge in [-0.15, -0.1) is 0 Å². The van der Waals surface area contributed by atoms with Crippen LogP contribution in [-0.2, 0) is 0 Å². The Kier molecular flexibility index (Phi) is 7.97. The summed E-state index contributed by atoms with van der Waals surface area (Å²) in [6, 6.07) is 16.6. The molecule has 8 heteroatoms. The second-order valence-electron chi connectivity index (χ2n) is 10.00. The highest BCUT2D eigenvalue weighted by Crippen LogP contribution is 2.37. The van der Waals surface area contributed by atoms with Crippen LogP contribution in [0.1, 0.15) is 12.8 Å². The number of fused-ring (bicyclic) bond motifs is 3. The molecular weight excluding hydrogens is 478 g/mol. The lowest BCUT2D eigenvalue weighted by atomic mass is 9.75. The van der Waals surface area contributed by atoms with Gasteiger partial charge in [-0.3, -0.25) is 9.80 Å². The van der Waals surface area contributed by atoms with Crippen molar-refractivity contribution < 1.29 is 4.74 Å². The van der Waals surface area contributed by atoms with E-state index in [0.29, 0.717) is 16.2 Å². The van der Waals surface area contributed by atoms with Crippen LogP contribution in [0, 0.1) is 11.8 Å². The van der Waals surface area contributed by atoms with Crippen LogP contribution in [0.15, 0.2) is 48.5 Å². The third-order valence-corrected chi connectivity index (χ3v) is 8.37. The number of halogens is 1. The van der Waals surface area contributed by atoms with E-state index in [1.807, 2.05) is 30.3 Å². The molecule has 4 fully saturated rings. The van der Waals surface area contributed by atoms with Crippen LogP contribution >= 0.6 is 23.8 Å². The smallest absolute Gasteiger partial charge is 0.170 e. The first-order valence-electron chi connectivity index (χ1n) is 12.7. The summed E-state index contributed by atoms with van der Waals surface area (Å²) in [5.41, 5.74) is 2.14. The van der Waals surface area contributed by atoms with E-state index in [1.165, 1.54) is 38.2 Å². The Labute approximate surface area is 219 Å². The summed E-state index contributed by atoms with van der Waals surface area (Å²) in [7, 11) is 1.76. The molecule has 2 N–H and O–H groups in total. The maximum atomic E-state index is 6.08. The van der Waals surface area contributed by atoms with Gasteiger partial charge in [0.05, 0.1) is 12.8 Å². The summed E-state index contributed by atoms with van der Waals surface area (Å²) in [5.74, 6) is 2.56. The number of rotatable bonds is 7. The molecule has 1 unspecified atom stereocenters. The minimum Gasteiger partial charge on any atom is -0.495 e. The maximum Gasteiger partial charge on any atom is 0.170 e. The highest BCUT2D eigenvalue weighted by Gasteiger charge is 2.40. The minimum atomic E-state index is 0.562. The van der Waals surface area contributed by atoms with Gasteiger partial charge in [0.1, 0.15) is 5.75 Å². The minimum absolute atomic E-state index is 0.562.